The van der Waals surface area contributed by atoms with E-state index >= 15 is 0 Å². The largest absolute Gasteiger partial charge is 0.310 e. The molecule has 1 atom stereocenters. The van der Waals surface area contributed by atoms with Crippen LogP contribution in [0.2, 0.25) is 0 Å². The zero-order valence-corrected chi connectivity index (χ0v) is 14.2. The monoisotopic (exact) mass is 337 g/mol. The summed E-state index contributed by atoms with van der Waals surface area (Å²) in [4.78, 5) is 14.7. The molecule has 1 aromatic carbocycles. The van der Waals surface area contributed by atoms with Gasteiger partial charge in [0.2, 0.25) is 15.9 Å². The molecule has 23 heavy (non-hydrogen) atoms. The maximum atomic E-state index is 12.7. The number of benzene rings is 1. The van der Waals surface area contributed by atoms with E-state index in [9.17, 15) is 13.2 Å². The lowest BCUT2D eigenvalue weighted by molar-refractivity contribution is -0.121. The summed E-state index contributed by atoms with van der Waals surface area (Å²) < 4.78 is 26.9. The van der Waals surface area contributed by atoms with E-state index in [1.165, 1.54) is 0 Å². The molecule has 6 nitrogen and oxygen atoms in total. The van der Waals surface area contributed by atoms with Crippen molar-refractivity contribution < 1.29 is 13.2 Å². The summed E-state index contributed by atoms with van der Waals surface area (Å²) in [5.41, 5.74) is 1.77. The SMILES string of the molecule is CCNS(=O)(=O)c1ccc2c(c1)N(C(=O)C1CCCCN1)CC2. The Labute approximate surface area is 137 Å². The maximum absolute atomic E-state index is 12.7. The lowest BCUT2D eigenvalue weighted by Gasteiger charge is -2.27. The molecule has 1 amide bonds. The molecule has 1 unspecified atom stereocenters. The molecule has 7 heteroatoms. The highest BCUT2D eigenvalue weighted by molar-refractivity contribution is 7.89. The minimum atomic E-state index is -3.51. The van der Waals surface area contributed by atoms with E-state index in [2.05, 4.69) is 10.0 Å². The van der Waals surface area contributed by atoms with Crippen molar-refractivity contribution in [2.24, 2.45) is 0 Å². The van der Waals surface area contributed by atoms with Gasteiger partial charge in [0.05, 0.1) is 10.9 Å². The molecule has 126 valence electrons. The number of carbonyl (C=O) groups excluding carboxylic acids is 1. The average molecular weight is 337 g/mol. The molecule has 3 rings (SSSR count). The fourth-order valence-electron chi connectivity index (χ4n) is 3.28. The van der Waals surface area contributed by atoms with Crippen LogP contribution in [-0.4, -0.2) is 40.0 Å². The predicted molar refractivity (Wildman–Crippen MR) is 89.0 cm³/mol. The van der Waals surface area contributed by atoms with Crippen molar-refractivity contribution in [3.8, 4) is 0 Å². The summed E-state index contributed by atoms with van der Waals surface area (Å²) >= 11 is 0. The second-order valence-electron chi connectivity index (χ2n) is 6.03. The van der Waals surface area contributed by atoms with Gasteiger partial charge in [0, 0.05) is 18.8 Å². The molecular formula is C16H23N3O3S. The van der Waals surface area contributed by atoms with Gasteiger partial charge in [-0.3, -0.25) is 4.79 Å². The van der Waals surface area contributed by atoms with E-state index in [4.69, 9.17) is 0 Å². The van der Waals surface area contributed by atoms with Gasteiger partial charge in [-0.15, -0.1) is 0 Å². The van der Waals surface area contributed by atoms with E-state index in [-0.39, 0.29) is 16.8 Å². The zero-order valence-electron chi connectivity index (χ0n) is 13.3. The second kappa shape index (κ2) is 6.59. The summed E-state index contributed by atoms with van der Waals surface area (Å²) in [6.07, 6.45) is 3.78. The molecule has 1 aromatic rings. The van der Waals surface area contributed by atoms with Gasteiger partial charge in [-0.25, -0.2) is 13.1 Å². The number of rotatable bonds is 4. The van der Waals surface area contributed by atoms with Gasteiger partial charge in [-0.1, -0.05) is 19.4 Å². The number of nitrogens with one attached hydrogen (secondary N) is 2. The number of sulfonamides is 1. The average Bonchev–Trinajstić information content (AvgIpc) is 2.98. The molecule has 2 aliphatic rings. The van der Waals surface area contributed by atoms with Gasteiger partial charge in [-0.05, 0) is 43.5 Å². The third-order valence-electron chi connectivity index (χ3n) is 4.47. The number of hydrogen-bond acceptors (Lipinski definition) is 4. The highest BCUT2D eigenvalue weighted by Gasteiger charge is 2.31. The van der Waals surface area contributed by atoms with Crippen LogP contribution in [0.3, 0.4) is 0 Å². The molecule has 0 bridgehead atoms. The smallest absolute Gasteiger partial charge is 0.244 e. The lowest BCUT2D eigenvalue weighted by atomic mass is 10.0. The van der Waals surface area contributed by atoms with Crippen LogP contribution in [0.1, 0.15) is 31.7 Å². The van der Waals surface area contributed by atoms with Crippen LogP contribution in [0.15, 0.2) is 23.1 Å². The van der Waals surface area contributed by atoms with Gasteiger partial charge in [0.15, 0.2) is 0 Å². The first kappa shape index (κ1) is 16.4. The minimum Gasteiger partial charge on any atom is -0.310 e. The first-order valence-electron chi connectivity index (χ1n) is 8.20. The third-order valence-corrected chi connectivity index (χ3v) is 6.01. The molecule has 2 N–H and O–H groups in total. The van der Waals surface area contributed by atoms with E-state index < -0.39 is 10.0 Å². The van der Waals surface area contributed by atoms with Gasteiger partial charge < -0.3 is 10.2 Å². The van der Waals surface area contributed by atoms with Crippen LogP contribution < -0.4 is 14.9 Å². The molecule has 2 heterocycles. The number of amides is 1. The Morgan fingerprint density at radius 3 is 2.91 bits per heavy atom. The van der Waals surface area contributed by atoms with Crippen molar-refractivity contribution in [3.63, 3.8) is 0 Å². The Balaban J connectivity index is 1.87. The lowest BCUT2D eigenvalue weighted by Crippen LogP contribution is -2.48. The third kappa shape index (κ3) is 3.27. The number of hydrogen-bond donors (Lipinski definition) is 2. The fourth-order valence-corrected chi connectivity index (χ4v) is 4.34. The molecule has 1 saturated heterocycles. The van der Waals surface area contributed by atoms with Crippen molar-refractivity contribution in [1.82, 2.24) is 10.0 Å². The zero-order chi connectivity index (χ0) is 16.4. The quantitative estimate of drug-likeness (QED) is 0.860. The number of nitrogens with zero attached hydrogens (tertiary/aromatic N) is 1. The first-order valence-corrected chi connectivity index (χ1v) is 9.68. The van der Waals surface area contributed by atoms with E-state index in [1.807, 2.05) is 6.07 Å². The van der Waals surface area contributed by atoms with E-state index in [0.717, 1.165) is 43.5 Å². The van der Waals surface area contributed by atoms with Crippen LogP contribution in [0.25, 0.3) is 0 Å². The number of carbonyl (C=O) groups is 1. The van der Waals surface area contributed by atoms with Crippen molar-refractivity contribution in [1.29, 1.82) is 0 Å². The summed E-state index contributed by atoms with van der Waals surface area (Å²) in [7, 11) is -3.51. The summed E-state index contributed by atoms with van der Waals surface area (Å²) in [6, 6.07) is 4.91. The summed E-state index contributed by atoms with van der Waals surface area (Å²) in [5, 5.41) is 3.27. The Kier molecular flexibility index (Phi) is 4.70. The van der Waals surface area contributed by atoms with Crippen LogP contribution in [0.5, 0.6) is 0 Å². The first-order chi connectivity index (χ1) is 11.0. The maximum Gasteiger partial charge on any atom is 0.244 e. The van der Waals surface area contributed by atoms with E-state index in [0.29, 0.717) is 13.1 Å². The molecule has 2 aliphatic heterocycles. The highest BCUT2D eigenvalue weighted by atomic mass is 32.2. The van der Waals surface area contributed by atoms with Crippen LogP contribution in [-0.2, 0) is 21.2 Å². The summed E-state index contributed by atoms with van der Waals surface area (Å²) in [5.74, 6) is 0.0569. The standard InChI is InChI=1S/C16H23N3O3S/c1-2-18-23(21,22)13-7-6-12-8-10-19(15(12)11-13)16(20)14-5-3-4-9-17-14/h6-7,11,14,17-18H,2-5,8-10H2,1H3. The Morgan fingerprint density at radius 2 is 2.22 bits per heavy atom. The molecule has 0 aliphatic carbocycles. The molecule has 0 radical (unpaired) electrons. The van der Waals surface area contributed by atoms with Gasteiger partial charge in [0.1, 0.15) is 0 Å². The van der Waals surface area contributed by atoms with E-state index in [1.54, 1.807) is 24.0 Å². The molecule has 0 aromatic heterocycles. The molecular weight excluding hydrogens is 314 g/mol. The Hall–Kier alpha value is -1.44. The molecule has 1 fully saturated rings. The van der Waals surface area contributed by atoms with Gasteiger partial charge in [-0.2, -0.15) is 0 Å². The van der Waals surface area contributed by atoms with Crippen molar-refractivity contribution in [2.45, 2.75) is 43.5 Å². The van der Waals surface area contributed by atoms with Crippen LogP contribution in [0.4, 0.5) is 5.69 Å². The Bertz CT molecular complexity index is 697. The van der Waals surface area contributed by atoms with Crippen molar-refractivity contribution in [3.05, 3.63) is 23.8 Å². The predicted octanol–water partition coefficient (Wildman–Crippen LogP) is 1.02. The summed E-state index contributed by atoms with van der Waals surface area (Å²) in [6.45, 7) is 3.58. The van der Waals surface area contributed by atoms with Gasteiger partial charge >= 0.3 is 0 Å². The number of anilines is 1. The minimum absolute atomic E-state index is 0.0569. The fraction of sp³-hybridized carbons (Fsp3) is 0.562. The Morgan fingerprint density at radius 1 is 1.39 bits per heavy atom. The normalized spacial score (nSPS) is 21.3. The number of piperidine rings is 1. The molecule has 0 saturated carbocycles. The topological polar surface area (TPSA) is 78.5 Å². The number of fused-ring (bicyclic) bond motifs is 1. The second-order valence-corrected chi connectivity index (χ2v) is 7.80. The molecule has 0 spiro atoms. The van der Waals surface area contributed by atoms with Crippen molar-refractivity contribution in [2.75, 3.05) is 24.5 Å². The highest BCUT2D eigenvalue weighted by Crippen LogP contribution is 2.31. The van der Waals surface area contributed by atoms with Crippen LogP contribution >= 0.6 is 0 Å². The van der Waals surface area contributed by atoms with Gasteiger partial charge in [0.25, 0.3) is 0 Å². The van der Waals surface area contributed by atoms with Crippen LogP contribution in [0, 0.1) is 0 Å². The van der Waals surface area contributed by atoms with Crippen molar-refractivity contribution >= 4 is 21.6 Å².